The van der Waals surface area contributed by atoms with Crippen LogP contribution >= 0.6 is 0 Å². The second kappa shape index (κ2) is 6.24. The maximum atomic E-state index is 11.6. The smallest absolute Gasteiger partial charge is 0.193 e. The van der Waals surface area contributed by atoms with E-state index in [-0.39, 0.29) is 11.2 Å². The molecule has 1 aliphatic carbocycles. The summed E-state index contributed by atoms with van der Waals surface area (Å²) in [5, 5.41) is 3.38. The van der Waals surface area contributed by atoms with Crippen molar-refractivity contribution in [1.29, 1.82) is 0 Å². The number of guanidine groups is 1. The lowest BCUT2D eigenvalue weighted by Gasteiger charge is -2.25. The third kappa shape index (κ3) is 4.18. The Morgan fingerprint density at radius 3 is 2.65 bits per heavy atom. The van der Waals surface area contributed by atoms with E-state index in [1.165, 1.54) is 6.26 Å². The predicted molar refractivity (Wildman–Crippen MR) is 91.4 cm³/mol. The van der Waals surface area contributed by atoms with E-state index in [1.807, 2.05) is 0 Å². The number of hydrogen-bond acceptors (Lipinski definition) is 4. The summed E-state index contributed by atoms with van der Waals surface area (Å²) in [6.45, 7) is 7.26. The molecule has 2 aliphatic heterocycles. The van der Waals surface area contributed by atoms with E-state index >= 15 is 0 Å². The van der Waals surface area contributed by atoms with Gasteiger partial charge in [-0.15, -0.1) is 0 Å². The van der Waals surface area contributed by atoms with E-state index in [0.717, 1.165) is 64.5 Å². The number of sulfone groups is 1. The number of aliphatic imine (C=N–C) groups is 1. The molecule has 1 saturated carbocycles. The Balaban J connectivity index is 1.65. The van der Waals surface area contributed by atoms with Crippen molar-refractivity contribution in [2.45, 2.75) is 32.6 Å². The summed E-state index contributed by atoms with van der Waals surface area (Å²) < 4.78 is 28.8. The number of ether oxygens (including phenoxy) is 1. The number of nitrogens with zero attached hydrogens (tertiary/aromatic N) is 2. The average Bonchev–Trinajstić information content (AvgIpc) is 2.90. The molecule has 0 aromatic rings. The molecule has 1 N–H and O–H groups in total. The minimum Gasteiger partial charge on any atom is -0.381 e. The van der Waals surface area contributed by atoms with E-state index in [9.17, 15) is 8.42 Å². The molecule has 0 radical (unpaired) electrons. The Kier molecular flexibility index (Phi) is 4.62. The van der Waals surface area contributed by atoms with Crippen LogP contribution in [0.1, 0.15) is 32.6 Å². The highest BCUT2D eigenvalue weighted by Gasteiger charge is 2.46. The predicted octanol–water partition coefficient (Wildman–Crippen LogP) is 0.889. The molecule has 0 bridgehead atoms. The molecule has 0 aromatic heterocycles. The number of rotatable bonds is 5. The van der Waals surface area contributed by atoms with E-state index in [1.54, 1.807) is 0 Å². The lowest BCUT2D eigenvalue weighted by Crippen LogP contribution is -2.42. The first-order valence-corrected chi connectivity index (χ1v) is 10.7. The highest BCUT2D eigenvalue weighted by atomic mass is 32.2. The normalized spacial score (nSPS) is 30.2. The Morgan fingerprint density at radius 2 is 2.09 bits per heavy atom. The van der Waals surface area contributed by atoms with Crippen molar-refractivity contribution in [2.24, 2.45) is 15.8 Å². The highest BCUT2D eigenvalue weighted by molar-refractivity contribution is 7.90. The maximum absolute atomic E-state index is 11.6. The Labute approximate surface area is 139 Å². The lowest BCUT2D eigenvalue weighted by molar-refractivity contribution is 0.156. The van der Waals surface area contributed by atoms with Crippen molar-refractivity contribution in [1.82, 2.24) is 10.2 Å². The van der Waals surface area contributed by atoms with Gasteiger partial charge in [0.15, 0.2) is 5.96 Å². The standard InChI is InChI=1S/C16H29N3O3S/c1-3-17-14(18-10-15(4-5-15)13-23(2,20)21)19-8-6-16(11-19)7-9-22-12-16/h3-13H2,1-2H3,(H,17,18). The average molecular weight is 343 g/mol. The zero-order valence-corrected chi connectivity index (χ0v) is 15.1. The number of hydrogen-bond donors (Lipinski definition) is 1. The van der Waals surface area contributed by atoms with Gasteiger partial charge in [0.2, 0.25) is 0 Å². The van der Waals surface area contributed by atoms with Gasteiger partial charge in [-0.05, 0) is 32.6 Å². The number of likely N-dealkylation sites (tertiary alicyclic amines) is 1. The Morgan fingerprint density at radius 1 is 1.30 bits per heavy atom. The van der Waals surface area contributed by atoms with Crippen molar-refractivity contribution < 1.29 is 13.2 Å². The summed E-state index contributed by atoms with van der Waals surface area (Å²) in [5.41, 5.74) is 0.197. The molecule has 2 heterocycles. The molecule has 1 spiro atoms. The fraction of sp³-hybridized carbons (Fsp3) is 0.938. The van der Waals surface area contributed by atoms with Crippen molar-refractivity contribution >= 4 is 15.8 Å². The molecule has 3 rings (SSSR count). The molecule has 3 aliphatic rings. The summed E-state index contributed by atoms with van der Waals surface area (Å²) in [4.78, 5) is 7.12. The van der Waals surface area contributed by atoms with Crippen LogP contribution in [0.2, 0.25) is 0 Å². The van der Waals surface area contributed by atoms with Gasteiger partial charge in [-0.2, -0.15) is 0 Å². The van der Waals surface area contributed by atoms with Gasteiger partial charge < -0.3 is 15.0 Å². The third-order valence-electron chi connectivity index (χ3n) is 5.35. The molecular weight excluding hydrogens is 314 g/mol. The van der Waals surface area contributed by atoms with E-state index < -0.39 is 9.84 Å². The van der Waals surface area contributed by atoms with Crippen LogP contribution in [0.25, 0.3) is 0 Å². The fourth-order valence-corrected chi connectivity index (χ4v) is 5.33. The second-order valence-corrected chi connectivity index (χ2v) is 9.85. The van der Waals surface area contributed by atoms with Crippen LogP contribution in [0.4, 0.5) is 0 Å². The summed E-state index contributed by atoms with van der Waals surface area (Å²) in [6, 6.07) is 0. The van der Waals surface area contributed by atoms with Crippen LogP contribution in [0.5, 0.6) is 0 Å². The van der Waals surface area contributed by atoms with Gasteiger partial charge in [-0.1, -0.05) is 0 Å². The SMILES string of the molecule is CCNC(=NCC1(CS(C)(=O)=O)CC1)N1CCC2(CCOC2)C1. The van der Waals surface area contributed by atoms with Crippen LogP contribution in [0.3, 0.4) is 0 Å². The van der Waals surface area contributed by atoms with Crippen LogP contribution in [0.15, 0.2) is 4.99 Å². The summed E-state index contributed by atoms with van der Waals surface area (Å²) in [5.74, 6) is 1.21. The first-order chi connectivity index (χ1) is 10.9. The van der Waals surface area contributed by atoms with Crippen LogP contribution in [0, 0.1) is 10.8 Å². The first kappa shape index (κ1) is 17.0. The van der Waals surface area contributed by atoms with Gasteiger partial charge in [0.05, 0.1) is 12.4 Å². The molecular formula is C16H29N3O3S. The summed E-state index contributed by atoms with van der Waals surface area (Å²) in [6.07, 6.45) is 5.57. The van der Waals surface area contributed by atoms with Crippen molar-refractivity contribution in [3.05, 3.63) is 0 Å². The summed E-state index contributed by atoms with van der Waals surface area (Å²) in [7, 11) is -2.94. The number of nitrogens with one attached hydrogen (secondary N) is 1. The fourth-order valence-electron chi connectivity index (χ4n) is 3.84. The minimum atomic E-state index is -2.94. The van der Waals surface area contributed by atoms with Crippen molar-refractivity contribution in [3.63, 3.8) is 0 Å². The molecule has 1 unspecified atom stereocenters. The molecule has 0 aromatic carbocycles. The van der Waals surface area contributed by atoms with Crippen LogP contribution in [-0.4, -0.2) is 70.7 Å². The molecule has 2 saturated heterocycles. The monoisotopic (exact) mass is 343 g/mol. The van der Waals surface area contributed by atoms with Gasteiger partial charge in [0.1, 0.15) is 9.84 Å². The molecule has 0 amide bonds. The molecule has 132 valence electrons. The maximum Gasteiger partial charge on any atom is 0.193 e. The second-order valence-electron chi connectivity index (χ2n) is 7.71. The molecule has 7 heteroatoms. The quantitative estimate of drug-likeness (QED) is 0.593. The van der Waals surface area contributed by atoms with Crippen molar-refractivity contribution in [2.75, 3.05) is 51.4 Å². The van der Waals surface area contributed by atoms with Crippen LogP contribution in [-0.2, 0) is 14.6 Å². The largest absolute Gasteiger partial charge is 0.381 e. The zero-order chi connectivity index (χ0) is 16.6. The van der Waals surface area contributed by atoms with E-state index in [0.29, 0.717) is 12.0 Å². The van der Waals surface area contributed by atoms with Gasteiger partial charge in [-0.25, -0.2) is 8.42 Å². The highest BCUT2D eigenvalue weighted by Crippen LogP contribution is 2.47. The Hall–Kier alpha value is -0.820. The van der Waals surface area contributed by atoms with Crippen molar-refractivity contribution in [3.8, 4) is 0 Å². The topological polar surface area (TPSA) is 71.0 Å². The minimum absolute atomic E-state index is 0.109. The first-order valence-electron chi connectivity index (χ1n) is 8.64. The van der Waals surface area contributed by atoms with Gasteiger partial charge >= 0.3 is 0 Å². The third-order valence-corrected chi connectivity index (χ3v) is 6.48. The molecule has 23 heavy (non-hydrogen) atoms. The summed E-state index contributed by atoms with van der Waals surface area (Å²) >= 11 is 0. The zero-order valence-electron chi connectivity index (χ0n) is 14.3. The van der Waals surface area contributed by atoms with Gasteiger partial charge in [-0.3, -0.25) is 4.99 Å². The molecule has 3 fully saturated rings. The Bertz CT molecular complexity index is 563. The molecule has 6 nitrogen and oxygen atoms in total. The van der Waals surface area contributed by atoms with Gasteiger partial charge in [0.25, 0.3) is 0 Å². The van der Waals surface area contributed by atoms with Gasteiger partial charge in [0, 0.05) is 49.9 Å². The molecule has 1 atom stereocenters. The van der Waals surface area contributed by atoms with E-state index in [2.05, 4.69) is 17.1 Å². The van der Waals surface area contributed by atoms with E-state index in [4.69, 9.17) is 9.73 Å². The lowest BCUT2D eigenvalue weighted by atomic mass is 9.87. The van der Waals surface area contributed by atoms with Crippen LogP contribution < -0.4 is 5.32 Å².